The highest BCUT2D eigenvalue weighted by atomic mass is 32.2. The summed E-state index contributed by atoms with van der Waals surface area (Å²) in [6.45, 7) is 4.23. The number of aliphatic hydroxyl groups excluding tert-OH is 1. The second-order valence-corrected chi connectivity index (χ2v) is 8.08. The smallest absolute Gasteiger partial charge is 0.326 e. The molecule has 0 aromatic carbocycles. The molecule has 2 heterocycles. The van der Waals surface area contributed by atoms with Crippen molar-refractivity contribution in [2.75, 3.05) is 0 Å². The summed E-state index contributed by atoms with van der Waals surface area (Å²) in [5.41, 5.74) is 0. The number of hydrogen-bond donors (Lipinski definition) is 2. The van der Waals surface area contributed by atoms with Crippen LogP contribution in [0.15, 0.2) is 24.2 Å². The van der Waals surface area contributed by atoms with Crippen molar-refractivity contribution in [3.05, 3.63) is 34.0 Å². The Balaban J connectivity index is 2.02. The van der Waals surface area contributed by atoms with Gasteiger partial charge in [0.25, 0.3) is 0 Å². The van der Waals surface area contributed by atoms with Crippen molar-refractivity contribution in [3.63, 3.8) is 0 Å². The highest BCUT2D eigenvalue weighted by Crippen LogP contribution is 2.23. The van der Waals surface area contributed by atoms with E-state index in [1.807, 2.05) is 4.72 Å². The van der Waals surface area contributed by atoms with Crippen LogP contribution in [0.3, 0.4) is 0 Å². The van der Waals surface area contributed by atoms with Crippen molar-refractivity contribution in [2.24, 2.45) is 5.92 Å². The maximum atomic E-state index is 12.0. The lowest BCUT2D eigenvalue weighted by Crippen LogP contribution is -2.29. The van der Waals surface area contributed by atoms with Crippen LogP contribution in [0.5, 0.6) is 0 Å². The molecule has 21 heavy (non-hydrogen) atoms. The number of nitrogens with one attached hydrogen (secondary N) is 1. The zero-order chi connectivity index (χ0) is 15.6. The largest absolute Gasteiger partial charge is 0.493 e. The molecule has 8 heteroatoms. The first-order valence-corrected chi connectivity index (χ1v) is 8.86. The van der Waals surface area contributed by atoms with Crippen LogP contribution < -0.4 is 4.72 Å². The Morgan fingerprint density at radius 3 is 2.71 bits per heavy atom. The van der Waals surface area contributed by atoms with E-state index in [1.54, 1.807) is 12.1 Å². The van der Waals surface area contributed by atoms with Gasteiger partial charge in [-0.15, -0.1) is 11.3 Å². The van der Waals surface area contributed by atoms with Gasteiger partial charge in [-0.05, 0) is 24.5 Å². The molecule has 0 saturated heterocycles. The molecule has 0 saturated carbocycles. The topological polar surface area (TPSA) is 86.7 Å². The molecule has 0 spiro atoms. The molecule has 1 aromatic rings. The number of nitrogens with zero attached hydrogens (tertiary/aromatic N) is 1. The Bertz CT molecular complexity index is 661. The second kappa shape index (κ2) is 6.07. The van der Waals surface area contributed by atoms with E-state index >= 15 is 0 Å². The number of ketones is 1. The van der Waals surface area contributed by atoms with Gasteiger partial charge in [-0.25, -0.2) is 9.03 Å². The average molecular weight is 330 g/mol. The zero-order valence-electron chi connectivity index (χ0n) is 11.9. The van der Waals surface area contributed by atoms with E-state index in [0.29, 0.717) is 17.2 Å². The van der Waals surface area contributed by atoms with Gasteiger partial charge in [-0.1, -0.05) is 13.8 Å². The third-order valence-electron chi connectivity index (χ3n) is 3.01. The predicted octanol–water partition coefficient (Wildman–Crippen LogP) is 2.37. The van der Waals surface area contributed by atoms with Crippen molar-refractivity contribution in [2.45, 2.75) is 33.2 Å². The van der Waals surface area contributed by atoms with Crippen LogP contribution in [-0.2, 0) is 16.8 Å². The lowest BCUT2D eigenvalue weighted by molar-refractivity contribution is 0.0979. The summed E-state index contributed by atoms with van der Waals surface area (Å²) in [6, 6.07) is 3.47. The van der Waals surface area contributed by atoms with Crippen LogP contribution in [-0.4, -0.2) is 23.6 Å². The molecule has 1 aliphatic heterocycles. The van der Waals surface area contributed by atoms with Gasteiger partial charge in [-0.2, -0.15) is 8.42 Å². The highest BCUT2D eigenvalue weighted by Gasteiger charge is 2.27. The van der Waals surface area contributed by atoms with E-state index < -0.39 is 16.1 Å². The number of carbonyl (C=O) groups is 1. The van der Waals surface area contributed by atoms with E-state index in [9.17, 15) is 18.3 Å². The molecule has 0 bridgehead atoms. The summed E-state index contributed by atoms with van der Waals surface area (Å²) in [5.74, 6) is 0.155. The van der Waals surface area contributed by atoms with E-state index in [1.165, 1.54) is 11.3 Å². The molecule has 0 amide bonds. The number of aliphatic hydroxyl groups is 1. The van der Waals surface area contributed by atoms with E-state index in [2.05, 4.69) is 13.8 Å². The minimum atomic E-state index is -3.70. The van der Waals surface area contributed by atoms with Crippen molar-refractivity contribution in [1.82, 2.24) is 9.03 Å². The van der Waals surface area contributed by atoms with Gasteiger partial charge in [0, 0.05) is 11.3 Å². The number of rotatable bonds is 6. The molecule has 0 aliphatic carbocycles. The third kappa shape index (κ3) is 3.98. The SMILES string of the molecule is CC(C)CCC(=O)c1ccc(CN2C=C(O)NS2(=O)=O)s1. The molecular weight excluding hydrogens is 312 g/mol. The van der Waals surface area contributed by atoms with Crippen molar-refractivity contribution in [3.8, 4) is 0 Å². The maximum Gasteiger partial charge on any atom is 0.326 e. The van der Waals surface area contributed by atoms with Crippen molar-refractivity contribution in [1.29, 1.82) is 0 Å². The molecule has 0 fully saturated rings. The van der Waals surface area contributed by atoms with Crippen LogP contribution in [0.25, 0.3) is 0 Å². The number of hydrogen-bond acceptors (Lipinski definition) is 5. The van der Waals surface area contributed by atoms with E-state index in [-0.39, 0.29) is 12.3 Å². The van der Waals surface area contributed by atoms with Crippen molar-refractivity contribution >= 4 is 27.3 Å². The van der Waals surface area contributed by atoms with Crippen LogP contribution in [0, 0.1) is 5.92 Å². The van der Waals surface area contributed by atoms with Crippen LogP contribution in [0.1, 0.15) is 41.2 Å². The fourth-order valence-electron chi connectivity index (χ4n) is 1.86. The Morgan fingerprint density at radius 2 is 2.14 bits per heavy atom. The molecule has 2 rings (SSSR count). The second-order valence-electron chi connectivity index (χ2n) is 5.29. The van der Waals surface area contributed by atoms with Crippen LogP contribution in [0.2, 0.25) is 0 Å². The normalized spacial score (nSPS) is 16.9. The third-order valence-corrected chi connectivity index (χ3v) is 5.44. The molecule has 1 aliphatic rings. The monoisotopic (exact) mass is 330 g/mol. The summed E-state index contributed by atoms with van der Waals surface area (Å²) in [7, 11) is -3.70. The summed E-state index contributed by atoms with van der Waals surface area (Å²) >= 11 is 1.29. The molecule has 116 valence electrons. The van der Waals surface area contributed by atoms with Gasteiger partial charge < -0.3 is 5.11 Å². The summed E-state index contributed by atoms with van der Waals surface area (Å²) in [5, 5.41) is 9.21. The zero-order valence-corrected chi connectivity index (χ0v) is 13.5. The lowest BCUT2D eigenvalue weighted by atomic mass is 10.1. The lowest BCUT2D eigenvalue weighted by Gasteiger charge is -2.11. The van der Waals surface area contributed by atoms with E-state index in [4.69, 9.17) is 0 Å². The van der Waals surface area contributed by atoms with Crippen molar-refractivity contribution < 1.29 is 18.3 Å². The fraction of sp³-hybridized carbons (Fsp3) is 0.462. The Hall–Kier alpha value is -1.54. The summed E-state index contributed by atoms with van der Waals surface area (Å²) in [6.07, 6.45) is 2.46. The average Bonchev–Trinajstić information content (AvgIpc) is 2.92. The molecule has 2 N–H and O–H groups in total. The predicted molar refractivity (Wildman–Crippen MR) is 81.0 cm³/mol. The Morgan fingerprint density at radius 1 is 1.43 bits per heavy atom. The molecule has 0 unspecified atom stereocenters. The Labute approximate surface area is 128 Å². The van der Waals surface area contributed by atoms with Gasteiger partial charge in [0.1, 0.15) is 0 Å². The van der Waals surface area contributed by atoms with Crippen LogP contribution in [0.4, 0.5) is 0 Å². The van der Waals surface area contributed by atoms with Gasteiger partial charge in [0.05, 0.1) is 17.6 Å². The minimum Gasteiger partial charge on any atom is -0.493 e. The molecule has 0 radical (unpaired) electrons. The van der Waals surface area contributed by atoms with E-state index in [0.717, 1.165) is 21.8 Å². The first kappa shape index (κ1) is 15.8. The Kier molecular flexibility index (Phi) is 4.58. The minimum absolute atomic E-state index is 0.0840. The first-order chi connectivity index (χ1) is 9.78. The number of carbonyl (C=O) groups excluding carboxylic acids is 1. The molecule has 0 atom stereocenters. The standard InChI is InChI=1S/C13H18N2O4S2/c1-9(2)3-5-11(16)12-6-4-10(20-12)7-15-8-13(17)14-21(15,18)19/h4,6,8-9,14,17H,3,5,7H2,1-2H3. The molecular formula is C13H18N2O4S2. The summed E-state index contributed by atoms with van der Waals surface area (Å²) < 4.78 is 26.3. The number of Topliss-reactive ketones (excluding diaryl/α,β-unsaturated/α-hetero) is 1. The first-order valence-electron chi connectivity index (χ1n) is 6.60. The molecule has 6 nitrogen and oxygen atoms in total. The van der Waals surface area contributed by atoms with Gasteiger partial charge in [0.2, 0.25) is 5.88 Å². The van der Waals surface area contributed by atoms with Crippen LogP contribution >= 0.6 is 11.3 Å². The van der Waals surface area contributed by atoms with Gasteiger partial charge in [0.15, 0.2) is 5.78 Å². The molecule has 1 aromatic heterocycles. The fourth-order valence-corrected chi connectivity index (χ4v) is 3.90. The summed E-state index contributed by atoms with van der Waals surface area (Å²) in [4.78, 5) is 13.4. The van der Waals surface area contributed by atoms with Gasteiger partial charge >= 0.3 is 10.2 Å². The maximum absolute atomic E-state index is 12.0. The quantitative estimate of drug-likeness (QED) is 0.784. The number of thiophene rings is 1. The van der Waals surface area contributed by atoms with Gasteiger partial charge in [-0.3, -0.25) is 4.79 Å². The highest BCUT2D eigenvalue weighted by molar-refractivity contribution is 7.87.